The van der Waals surface area contributed by atoms with Crippen molar-refractivity contribution in [3.8, 4) is 11.5 Å². The van der Waals surface area contributed by atoms with E-state index in [1.165, 1.54) is 12.1 Å². The Labute approximate surface area is 99.6 Å². The number of hydrogen-bond acceptors (Lipinski definition) is 3. The van der Waals surface area contributed by atoms with Crippen molar-refractivity contribution in [2.24, 2.45) is 0 Å². The van der Waals surface area contributed by atoms with Gasteiger partial charge in [0.05, 0.1) is 0 Å². The van der Waals surface area contributed by atoms with Gasteiger partial charge in [0.2, 0.25) is 0 Å². The summed E-state index contributed by atoms with van der Waals surface area (Å²) in [6.07, 6.45) is 2.91. The van der Waals surface area contributed by atoms with Crippen molar-refractivity contribution in [2.45, 2.75) is 13.2 Å². The van der Waals surface area contributed by atoms with E-state index in [0.29, 0.717) is 11.8 Å². The average molecular weight is 264 g/mol. The molecular formula is C11H8F4O3. The van der Waals surface area contributed by atoms with Crippen LogP contribution >= 0.6 is 0 Å². The van der Waals surface area contributed by atoms with Crippen LogP contribution in [0.1, 0.15) is 5.56 Å². The highest BCUT2D eigenvalue weighted by Crippen LogP contribution is 2.31. The van der Waals surface area contributed by atoms with Crippen molar-refractivity contribution in [3.05, 3.63) is 29.8 Å². The molecule has 1 aromatic rings. The number of alkyl halides is 4. The van der Waals surface area contributed by atoms with Crippen LogP contribution in [-0.4, -0.2) is 19.5 Å². The van der Waals surface area contributed by atoms with Gasteiger partial charge in [0.15, 0.2) is 11.5 Å². The second-order valence-electron chi connectivity index (χ2n) is 2.96. The molecule has 0 saturated carbocycles. The number of carbonyl (C=O) groups is 1. The molecule has 0 fully saturated rings. The maximum Gasteiger partial charge on any atom is 0.387 e. The van der Waals surface area contributed by atoms with Crippen molar-refractivity contribution in [1.82, 2.24) is 0 Å². The molecule has 0 bridgehead atoms. The summed E-state index contributed by atoms with van der Waals surface area (Å²) in [5.41, 5.74) is 0.333. The summed E-state index contributed by atoms with van der Waals surface area (Å²) >= 11 is 0. The molecular weight excluding hydrogens is 256 g/mol. The highest BCUT2D eigenvalue weighted by atomic mass is 19.3. The average Bonchev–Trinajstić information content (AvgIpc) is 2.28. The largest absolute Gasteiger partial charge is 0.431 e. The van der Waals surface area contributed by atoms with Gasteiger partial charge in [0, 0.05) is 0 Å². The van der Waals surface area contributed by atoms with E-state index in [2.05, 4.69) is 9.47 Å². The number of carbonyl (C=O) groups excluding carboxylic acids is 1. The Morgan fingerprint density at radius 1 is 1.00 bits per heavy atom. The van der Waals surface area contributed by atoms with E-state index < -0.39 is 24.7 Å². The standard InChI is InChI=1S/C11H8F4O3/c12-10(13)17-8-4-3-7(2-1-5-16)6-9(8)18-11(14)15/h1-6,10-11H. The summed E-state index contributed by atoms with van der Waals surface area (Å²) in [5.74, 6) is -1.04. The Bertz CT molecular complexity index is 432. The molecule has 0 saturated heterocycles. The van der Waals surface area contributed by atoms with E-state index in [4.69, 9.17) is 0 Å². The van der Waals surface area contributed by atoms with E-state index in [0.717, 1.165) is 18.2 Å². The first kappa shape index (κ1) is 14.0. The fraction of sp³-hybridized carbons (Fsp3) is 0.182. The third kappa shape index (κ3) is 4.44. The second-order valence-corrected chi connectivity index (χ2v) is 2.96. The fourth-order valence-corrected chi connectivity index (χ4v) is 1.16. The number of benzene rings is 1. The van der Waals surface area contributed by atoms with Gasteiger partial charge in [-0.1, -0.05) is 12.1 Å². The lowest BCUT2D eigenvalue weighted by molar-refractivity contribution is -0.104. The smallest absolute Gasteiger partial charge is 0.387 e. The first-order valence-corrected chi connectivity index (χ1v) is 4.68. The Balaban J connectivity index is 3.03. The maximum absolute atomic E-state index is 12.1. The van der Waals surface area contributed by atoms with Crippen LogP contribution in [0.5, 0.6) is 11.5 Å². The first-order valence-electron chi connectivity index (χ1n) is 4.68. The lowest BCUT2D eigenvalue weighted by Crippen LogP contribution is -2.07. The highest BCUT2D eigenvalue weighted by Gasteiger charge is 2.14. The third-order valence-corrected chi connectivity index (χ3v) is 1.77. The van der Waals surface area contributed by atoms with Crippen LogP contribution in [-0.2, 0) is 4.79 Å². The number of rotatable bonds is 6. The van der Waals surface area contributed by atoms with Gasteiger partial charge in [-0.15, -0.1) is 0 Å². The summed E-state index contributed by atoms with van der Waals surface area (Å²) in [5, 5.41) is 0. The molecule has 0 aliphatic heterocycles. The van der Waals surface area contributed by atoms with Gasteiger partial charge in [-0.25, -0.2) is 0 Å². The highest BCUT2D eigenvalue weighted by molar-refractivity contribution is 5.74. The van der Waals surface area contributed by atoms with Gasteiger partial charge in [-0.3, -0.25) is 4.79 Å². The van der Waals surface area contributed by atoms with Gasteiger partial charge in [0.1, 0.15) is 6.29 Å². The van der Waals surface area contributed by atoms with E-state index in [1.807, 2.05) is 0 Å². The van der Waals surface area contributed by atoms with Crippen LogP contribution in [0.3, 0.4) is 0 Å². The topological polar surface area (TPSA) is 35.5 Å². The molecule has 0 aromatic heterocycles. The summed E-state index contributed by atoms with van der Waals surface area (Å²) in [6.45, 7) is -6.32. The SMILES string of the molecule is O=CC=Cc1ccc(OC(F)F)c(OC(F)F)c1. The zero-order chi connectivity index (χ0) is 13.5. The van der Waals surface area contributed by atoms with Crippen LogP contribution in [0.25, 0.3) is 6.08 Å². The van der Waals surface area contributed by atoms with Crippen molar-refractivity contribution in [3.63, 3.8) is 0 Å². The first-order chi connectivity index (χ1) is 8.52. The molecule has 3 nitrogen and oxygen atoms in total. The van der Waals surface area contributed by atoms with Gasteiger partial charge in [0.25, 0.3) is 0 Å². The minimum Gasteiger partial charge on any atom is -0.431 e. The normalized spacial score (nSPS) is 11.2. The maximum atomic E-state index is 12.1. The summed E-state index contributed by atoms with van der Waals surface area (Å²) in [6, 6.07) is 3.42. The molecule has 0 amide bonds. The van der Waals surface area contributed by atoms with Crippen LogP contribution in [0.2, 0.25) is 0 Å². The lowest BCUT2D eigenvalue weighted by Gasteiger charge is -2.12. The van der Waals surface area contributed by atoms with Crippen molar-refractivity contribution >= 4 is 12.4 Å². The molecule has 98 valence electrons. The minimum absolute atomic E-state index is 0.333. The Kier molecular flexibility index (Phi) is 5.16. The van der Waals surface area contributed by atoms with Crippen LogP contribution < -0.4 is 9.47 Å². The van der Waals surface area contributed by atoms with Crippen LogP contribution in [0, 0.1) is 0 Å². The molecule has 1 aromatic carbocycles. The Hall–Kier alpha value is -2.05. The van der Waals surface area contributed by atoms with E-state index in [1.54, 1.807) is 0 Å². The second kappa shape index (κ2) is 6.63. The zero-order valence-electron chi connectivity index (χ0n) is 8.86. The van der Waals surface area contributed by atoms with Gasteiger partial charge >= 0.3 is 13.2 Å². The number of ether oxygens (including phenoxy) is 2. The zero-order valence-corrected chi connectivity index (χ0v) is 8.86. The molecule has 1 rings (SSSR count). The lowest BCUT2D eigenvalue weighted by atomic mass is 10.2. The molecule has 0 N–H and O–H groups in total. The minimum atomic E-state index is -3.17. The van der Waals surface area contributed by atoms with Gasteiger partial charge in [-0.05, 0) is 23.8 Å². The quantitative estimate of drug-likeness (QED) is 0.450. The Morgan fingerprint density at radius 3 is 2.17 bits per heavy atom. The van der Waals surface area contributed by atoms with Crippen molar-refractivity contribution in [1.29, 1.82) is 0 Å². The molecule has 7 heteroatoms. The van der Waals surface area contributed by atoms with Gasteiger partial charge < -0.3 is 9.47 Å². The molecule has 0 unspecified atom stereocenters. The number of aldehydes is 1. The van der Waals surface area contributed by atoms with Crippen LogP contribution in [0.4, 0.5) is 17.6 Å². The van der Waals surface area contributed by atoms with E-state index in [-0.39, 0.29) is 0 Å². The number of hydrogen-bond donors (Lipinski definition) is 0. The van der Waals surface area contributed by atoms with E-state index in [9.17, 15) is 22.4 Å². The third-order valence-electron chi connectivity index (χ3n) is 1.77. The molecule has 18 heavy (non-hydrogen) atoms. The molecule has 0 spiro atoms. The molecule has 0 heterocycles. The Morgan fingerprint density at radius 2 is 1.61 bits per heavy atom. The van der Waals surface area contributed by atoms with Crippen molar-refractivity contribution < 1.29 is 31.8 Å². The van der Waals surface area contributed by atoms with Crippen LogP contribution in [0.15, 0.2) is 24.3 Å². The summed E-state index contributed by atoms with van der Waals surface area (Å²) in [4.78, 5) is 10.1. The number of halogens is 4. The predicted molar refractivity (Wildman–Crippen MR) is 54.8 cm³/mol. The molecule has 0 radical (unpaired) electrons. The molecule has 0 aliphatic rings. The summed E-state index contributed by atoms with van der Waals surface area (Å²) in [7, 11) is 0. The van der Waals surface area contributed by atoms with Crippen molar-refractivity contribution in [2.75, 3.05) is 0 Å². The predicted octanol–water partition coefficient (Wildman–Crippen LogP) is 3.10. The molecule has 0 aliphatic carbocycles. The number of allylic oxidation sites excluding steroid dienone is 1. The van der Waals surface area contributed by atoms with E-state index >= 15 is 0 Å². The fourth-order valence-electron chi connectivity index (χ4n) is 1.16. The summed E-state index contributed by atoms with van der Waals surface area (Å²) < 4.78 is 56.3. The van der Waals surface area contributed by atoms with Gasteiger partial charge in [-0.2, -0.15) is 17.6 Å². The molecule has 0 atom stereocenters. The monoisotopic (exact) mass is 264 g/mol.